The lowest BCUT2D eigenvalue weighted by Gasteiger charge is -2.08. The highest BCUT2D eigenvalue weighted by Gasteiger charge is 2.07. The molecule has 0 saturated carbocycles. The third-order valence-electron chi connectivity index (χ3n) is 2.06. The first kappa shape index (κ1) is 11.4. The Morgan fingerprint density at radius 2 is 2.21 bits per heavy atom. The van der Waals surface area contributed by atoms with Gasteiger partial charge in [-0.1, -0.05) is 17.7 Å². The van der Waals surface area contributed by atoms with Gasteiger partial charge >= 0.3 is 0 Å². The highest BCUT2D eigenvalue weighted by Crippen LogP contribution is 2.18. The first-order valence-corrected chi connectivity index (χ1v) is 5.21. The van der Waals surface area contributed by atoms with Crippen LogP contribution in [-0.4, -0.2) is 5.38 Å². The Hall–Kier alpha value is -0.710. The Kier molecular flexibility index (Phi) is 4.25. The van der Waals surface area contributed by atoms with Crippen LogP contribution in [-0.2, 0) is 6.42 Å². The zero-order valence-corrected chi connectivity index (χ0v) is 9.44. The largest absolute Gasteiger partial charge is 0.198 e. The van der Waals surface area contributed by atoms with Gasteiger partial charge in [-0.3, -0.25) is 0 Å². The number of hydrogen-bond acceptors (Lipinski definition) is 1. The van der Waals surface area contributed by atoms with Crippen LogP contribution in [0.4, 0.5) is 0 Å². The lowest BCUT2D eigenvalue weighted by molar-refractivity contribution is 0.855. The number of halogens is 2. The molecule has 0 spiro atoms. The summed E-state index contributed by atoms with van der Waals surface area (Å²) >= 11 is 11.8. The van der Waals surface area contributed by atoms with Crippen LogP contribution in [0.3, 0.4) is 0 Å². The SMILES string of the molecule is Cc1cc(Cl)ccc1CC(Cl)CC#N. The van der Waals surface area contributed by atoms with Gasteiger partial charge in [0.1, 0.15) is 0 Å². The van der Waals surface area contributed by atoms with Gasteiger partial charge in [0, 0.05) is 5.02 Å². The third kappa shape index (κ3) is 3.21. The van der Waals surface area contributed by atoms with Gasteiger partial charge in [0.2, 0.25) is 0 Å². The lowest BCUT2D eigenvalue weighted by Crippen LogP contribution is -2.03. The fourth-order valence-electron chi connectivity index (χ4n) is 1.30. The summed E-state index contributed by atoms with van der Waals surface area (Å²) in [6.45, 7) is 2.00. The average Bonchev–Trinajstić information content (AvgIpc) is 2.10. The van der Waals surface area contributed by atoms with E-state index in [0.717, 1.165) is 22.6 Å². The molecule has 0 aromatic heterocycles. The summed E-state index contributed by atoms with van der Waals surface area (Å²) in [5.41, 5.74) is 2.28. The maximum Gasteiger partial charge on any atom is 0.0637 e. The van der Waals surface area contributed by atoms with E-state index in [4.69, 9.17) is 28.5 Å². The van der Waals surface area contributed by atoms with E-state index in [0.29, 0.717) is 6.42 Å². The predicted molar refractivity (Wildman–Crippen MR) is 59.8 cm³/mol. The molecule has 0 N–H and O–H groups in total. The molecule has 0 amide bonds. The minimum Gasteiger partial charge on any atom is -0.198 e. The molecule has 0 heterocycles. The first-order chi connectivity index (χ1) is 6.63. The lowest BCUT2D eigenvalue weighted by atomic mass is 10.0. The monoisotopic (exact) mass is 227 g/mol. The number of aryl methyl sites for hydroxylation is 1. The smallest absolute Gasteiger partial charge is 0.0637 e. The predicted octanol–water partition coefficient (Wildman–Crippen LogP) is 3.71. The van der Waals surface area contributed by atoms with Crippen molar-refractivity contribution in [3.63, 3.8) is 0 Å². The van der Waals surface area contributed by atoms with Gasteiger partial charge in [0.15, 0.2) is 0 Å². The molecule has 1 nitrogen and oxygen atoms in total. The zero-order valence-electron chi connectivity index (χ0n) is 7.93. The van der Waals surface area contributed by atoms with Crippen molar-refractivity contribution < 1.29 is 0 Å². The zero-order chi connectivity index (χ0) is 10.6. The molecule has 1 atom stereocenters. The van der Waals surface area contributed by atoms with E-state index in [1.165, 1.54) is 0 Å². The van der Waals surface area contributed by atoms with E-state index in [9.17, 15) is 0 Å². The summed E-state index contributed by atoms with van der Waals surface area (Å²) in [6, 6.07) is 7.78. The maximum atomic E-state index is 8.47. The summed E-state index contributed by atoms with van der Waals surface area (Å²) < 4.78 is 0. The molecular weight excluding hydrogens is 217 g/mol. The second-order valence-corrected chi connectivity index (χ2v) is 4.29. The topological polar surface area (TPSA) is 23.8 Å². The van der Waals surface area contributed by atoms with Gasteiger partial charge in [-0.05, 0) is 36.6 Å². The Balaban J connectivity index is 2.73. The summed E-state index contributed by atoms with van der Waals surface area (Å²) in [5, 5.41) is 9.10. The number of nitrogens with zero attached hydrogens (tertiary/aromatic N) is 1. The molecule has 0 fully saturated rings. The molecule has 14 heavy (non-hydrogen) atoms. The molecule has 0 bridgehead atoms. The Morgan fingerprint density at radius 3 is 2.79 bits per heavy atom. The van der Waals surface area contributed by atoms with Crippen LogP contribution in [0.25, 0.3) is 0 Å². The van der Waals surface area contributed by atoms with Crippen LogP contribution in [0, 0.1) is 18.3 Å². The van der Waals surface area contributed by atoms with E-state index in [1.54, 1.807) is 0 Å². The molecule has 1 unspecified atom stereocenters. The molecule has 0 aliphatic rings. The first-order valence-electron chi connectivity index (χ1n) is 4.39. The summed E-state index contributed by atoms with van der Waals surface area (Å²) in [5.74, 6) is 0. The summed E-state index contributed by atoms with van der Waals surface area (Å²) in [4.78, 5) is 0. The van der Waals surface area contributed by atoms with Crippen LogP contribution >= 0.6 is 23.2 Å². The van der Waals surface area contributed by atoms with Crippen LogP contribution < -0.4 is 0 Å². The van der Waals surface area contributed by atoms with Gasteiger partial charge in [-0.15, -0.1) is 11.6 Å². The average molecular weight is 228 g/mol. The van der Waals surface area contributed by atoms with Gasteiger partial charge in [-0.25, -0.2) is 0 Å². The van der Waals surface area contributed by atoms with Gasteiger partial charge in [-0.2, -0.15) is 5.26 Å². The molecule has 0 aliphatic heterocycles. The van der Waals surface area contributed by atoms with Crippen molar-refractivity contribution in [2.75, 3.05) is 0 Å². The van der Waals surface area contributed by atoms with Gasteiger partial charge in [0.25, 0.3) is 0 Å². The Labute approximate surface area is 94.3 Å². The molecule has 3 heteroatoms. The van der Waals surface area contributed by atoms with Crippen molar-refractivity contribution in [3.05, 3.63) is 34.3 Å². The molecule has 1 aromatic rings. The summed E-state index contributed by atoms with van der Waals surface area (Å²) in [7, 11) is 0. The Bertz CT molecular complexity index is 355. The van der Waals surface area contributed by atoms with E-state index in [2.05, 4.69) is 6.07 Å². The van der Waals surface area contributed by atoms with E-state index in [1.807, 2.05) is 25.1 Å². The van der Waals surface area contributed by atoms with Crippen molar-refractivity contribution >= 4 is 23.2 Å². The van der Waals surface area contributed by atoms with Crippen LogP contribution in [0.1, 0.15) is 17.5 Å². The van der Waals surface area contributed by atoms with Crippen LogP contribution in [0.15, 0.2) is 18.2 Å². The quantitative estimate of drug-likeness (QED) is 0.723. The molecular formula is C11H11Cl2N. The van der Waals surface area contributed by atoms with Crippen LogP contribution in [0.2, 0.25) is 5.02 Å². The van der Waals surface area contributed by atoms with Gasteiger partial charge in [0.05, 0.1) is 17.9 Å². The number of rotatable bonds is 3. The fraction of sp³-hybridized carbons (Fsp3) is 0.364. The normalized spacial score (nSPS) is 12.1. The highest BCUT2D eigenvalue weighted by molar-refractivity contribution is 6.30. The Morgan fingerprint density at radius 1 is 1.50 bits per heavy atom. The number of nitriles is 1. The molecule has 0 saturated heterocycles. The molecule has 0 radical (unpaired) electrons. The standard InChI is InChI=1S/C11H11Cl2N/c1-8-6-10(12)3-2-9(8)7-11(13)4-5-14/h2-3,6,11H,4,7H2,1H3. The number of hydrogen-bond donors (Lipinski definition) is 0. The van der Waals surface area contributed by atoms with E-state index >= 15 is 0 Å². The number of alkyl halides is 1. The molecule has 1 aromatic carbocycles. The fourth-order valence-corrected chi connectivity index (χ4v) is 1.76. The van der Waals surface area contributed by atoms with Crippen molar-refractivity contribution in [2.24, 2.45) is 0 Å². The van der Waals surface area contributed by atoms with Crippen molar-refractivity contribution in [1.29, 1.82) is 5.26 Å². The molecule has 74 valence electrons. The maximum absolute atomic E-state index is 8.47. The molecule has 1 rings (SSSR count). The summed E-state index contributed by atoms with van der Waals surface area (Å²) in [6.07, 6.45) is 1.10. The van der Waals surface area contributed by atoms with Crippen molar-refractivity contribution in [3.8, 4) is 6.07 Å². The van der Waals surface area contributed by atoms with E-state index in [-0.39, 0.29) is 5.38 Å². The van der Waals surface area contributed by atoms with Crippen LogP contribution in [0.5, 0.6) is 0 Å². The second kappa shape index (κ2) is 5.24. The number of benzene rings is 1. The third-order valence-corrected chi connectivity index (χ3v) is 2.60. The van der Waals surface area contributed by atoms with E-state index < -0.39 is 0 Å². The van der Waals surface area contributed by atoms with Crippen molar-refractivity contribution in [1.82, 2.24) is 0 Å². The minimum absolute atomic E-state index is 0.111. The minimum atomic E-state index is -0.111. The second-order valence-electron chi connectivity index (χ2n) is 3.23. The molecule has 0 aliphatic carbocycles. The van der Waals surface area contributed by atoms with Gasteiger partial charge < -0.3 is 0 Å². The highest BCUT2D eigenvalue weighted by atomic mass is 35.5. The van der Waals surface area contributed by atoms with Crippen molar-refractivity contribution in [2.45, 2.75) is 25.1 Å².